The van der Waals surface area contributed by atoms with Crippen molar-refractivity contribution in [3.8, 4) is 44.9 Å². The molecule has 0 unspecified atom stereocenters. The Labute approximate surface area is 221 Å². The zero-order chi connectivity index (χ0) is 25.3. The second-order valence-electron chi connectivity index (χ2n) is 9.51. The van der Waals surface area contributed by atoms with Gasteiger partial charge in [-0.2, -0.15) is 0 Å². The molecule has 0 aliphatic carbocycles. The fourth-order valence-electron chi connectivity index (χ4n) is 5.14. The fraction of sp³-hybridized carbons (Fsp3) is 0. The van der Waals surface area contributed by atoms with Crippen molar-refractivity contribution in [1.29, 1.82) is 0 Å². The van der Waals surface area contributed by atoms with Crippen molar-refractivity contribution >= 4 is 21.5 Å². The molecule has 0 atom stereocenters. The lowest BCUT2D eigenvalue weighted by Gasteiger charge is -2.11. The maximum absolute atomic E-state index is 5.10. The van der Waals surface area contributed by atoms with Crippen LogP contribution in [0, 0.1) is 0 Å². The normalized spacial score (nSPS) is 11.2. The highest BCUT2D eigenvalue weighted by Crippen LogP contribution is 2.33. The van der Waals surface area contributed by atoms with E-state index >= 15 is 0 Å². The number of nitrogens with zero attached hydrogens (tertiary/aromatic N) is 2. The van der Waals surface area contributed by atoms with Gasteiger partial charge in [0.25, 0.3) is 0 Å². The number of hydrogen-bond donors (Lipinski definition) is 0. The lowest BCUT2D eigenvalue weighted by atomic mass is 9.98. The van der Waals surface area contributed by atoms with E-state index in [4.69, 9.17) is 9.97 Å². The third-order valence-corrected chi connectivity index (χ3v) is 7.10. The SMILES string of the molecule is c1ccc(-c2cc(-c3ccc4ccccc4c3)nc(-c3ccc(-c4cccc5ccccc45)cn3)c2)cc1. The van der Waals surface area contributed by atoms with E-state index in [2.05, 4.69) is 133 Å². The van der Waals surface area contributed by atoms with E-state index in [0.717, 1.165) is 39.3 Å². The minimum Gasteiger partial charge on any atom is -0.254 e. The van der Waals surface area contributed by atoms with Crippen LogP contribution in [0.15, 0.2) is 146 Å². The molecule has 0 aliphatic heterocycles. The molecule has 0 saturated carbocycles. The van der Waals surface area contributed by atoms with Crippen LogP contribution in [0.4, 0.5) is 0 Å². The third kappa shape index (κ3) is 4.12. The van der Waals surface area contributed by atoms with E-state index < -0.39 is 0 Å². The number of aromatic nitrogens is 2. The molecule has 0 aliphatic rings. The van der Waals surface area contributed by atoms with Gasteiger partial charge in [-0.25, -0.2) is 4.98 Å². The van der Waals surface area contributed by atoms with Crippen LogP contribution in [-0.4, -0.2) is 9.97 Å². The van der Waals surface area contributed by atoms with Gasteiger partial charge < -0.3 is 0 Å². The van der Waals surface area contributed by atoms with Crippen molar-refractivity contribution in [2.45, 2.75) is 0 Å². The molecule has 0 saturated heterocycles. The van der Waals surface area contributed by atoms with Crippen LogP contribution >= 0.6 is 0 Å². The number of benzene rings is 5. The van der Waals surface area contributed by atoms with Crippen molar-refractivity contribution < 1.29 is 0 Å². The maximum atomic E-state index is 5.10. The van der Waals surface area contributed by atoms with Gasteiger partial charge in [-0.1, -0.05) is 115 Å². The molecule has 0 fully saturated rings. The molecule has 0 radical (unpaired) electrons. The second kappa shape index (κ2) is 9.42. The van der Waals surface area contributed by atoms with E-state index in [-0.39, 0.29) is 0 Å². The van der Waals surface area contributed by atoms with Crippen molar-refractivity contribution in [1.82, 2.24) is 9.97 Å². The van der Waals surface area contributed by atoms with Gasteiger partial charge in [-0.15, -0.1) is 0 Å². The Morgan fingerprint density at radius 1 is 0.368 bits per heavy atom. The molecule has 2 nitrogen and oxygen atoms in total. The van der Waals surface area contributed by atoms with Gasteiger partial charge in [-0.05, 0) is 62.5 Å². The zero-order valence-electron chi connectivity index (χ0n) is 20.8. The average Bonchev–Trinajstić information content (AvgIpc) is 3.01. The van der Waals surface area contributed by atoms with Gasteiger partial charge in [0.2, 0.25) is 0 Å². The zero-order valence-corrected chi connectivity index (χ0v) is 20.8. The first-order valence-electron chi connectivity index (χ1n) is 12.8. The van der Waals surface area contributed by atoms with Crippen molar-refractivity contribution in [3.63, 3.8) is 0 Å². The molecule has 2 heterocycles. The highest BCUT2D eigenvalue weighted by Gasteiger charge is 2.11. The molecular formula is C36H24N2. The standard InChI is InChI=1S/C36H24N2/c1-2-9-25(10-3-1)31-22-35(29-18-17-26-11-4-5-13-28(26)21-29)38-36(23-31)34-20-19-30(24-37-34)33-16-8-14-27-12-6-7-15-32(27)33/h1-24H. The van der Waals surface area contributed by atoms with E-state index in [1.54, 1.807) is 0 Å². The third-order valence-electron chi connectivity index (χ3n) is 7.10. The molecule has 0 bridgehead atoms. The van der Waals surface area contributed by atoms with Crippen LogP contribution in [0.2, 0.25) is 0 Å². The molecule has 2 heteroatoms. The minimum absolute atomic E-state index is 0.855. The fourth-order valence-corrected chi connectivity index (χ4v) is 5.14. The van der Waals surface area contributed by atoms with Crippen molar-refractivity contribution in [2.24, 2.45) is 0 Å². The molecular weight excluding hydrogens is 460 g/mol. The summed E-state index contributed by atoms with van der Waals surface area (Å²) in [7, 11) is 0. The van der Waals surface area contributed by atoms with Gasteiger partial charge >= 0.3 is 0 Å². The van der Waals surface area contributed by atoms with Gasteiger partial charge in [0.05, 0.1) is 17.1 Å². The lowest BCUT2D eigenvalue weighted by Crippen LogP contribution is -1.93. The molecule has 7 aromatic rings. The van der Waals surface area contributed by atoms with Gasteiger partial charge in [-0.3, -0.25) is 4.98 Å². The van der Waals surface area contributed by atoms with E-state index in [9.17, 15) is 0 Å². The predicted molar refractivity (Wildman–Crippen MR) is 159 cm³/mol. The molecule has 2 aromatic heterocycles. The van der Waals surface area contributed by atoms with Crippen LogP contribution in [-0.2, 0) is 0 Å². The molecule has 5 aromatic carbocycles. The molecule has 38 heavy (non-hydrogen) atoms. The largest absolute Gasteiger partial charge is 0.254 e. The van der Waals surface area contributed by atoms with Crippen LogP contribution in [0.5, 0.6) is 0 Å². The summed E-state index contributed by atoms with van der Waals surface area (Å²) < 4.78 is 0. The van der Waals surface area contributed by atoms with Crippen molar-refractivity contribution in [3.05, 3.63) is 146 Å². The van der Waals surface area contributed by atoms with Gasteiger partial charge in [0.1, 0.15) is 0 Å². The summed E-state index contributed by atoms with van der Waals surface area (Å²) in [6.07, 6.45) is 1.96. The Kier molecular flexibility index (Phi) is 5.49. The Morgan fingerprint density at radius 2 is 1.08 bits per heavy atom. The Hall–Kier alpha value is -5.08. The highest BCUT2D eigenvalue weighted by molar-refractivity contribution is 5.96. The van der Waals surface area contributed by atoms with Crippen LogP contribution in [0.25, 0.3) is 66.4 Å². The van der Waals surface area contributed by atoms with E-state index in [1.807, 2.05) is 12.3 Å². The van der Waals surface area contributed by atoms with Crippen LogP contribution in [0.1, 0.15) is 0 Å². The van der Waals surface area contributed by atoms with E-state index in [1.165, 1.54) is 27.1 Å². The predicted octanol–water partition coefficient (Wildman–Crippen LogP) is 9.45. The van der Waals surface area contributed by atoms with Gasteiger partial charge in [0, 0.05) is 17.3 Å². The second-order valence-corrected chi connectivity index (χ2v) is 9.51. The van der Waals surface area contributed by atoms with Crippen LogP contribution in [0.3, 0.4) is 0 Å². The summed E-state index contributed by atoms with van der Waals surface area (Å²) in [6.45, 7) is 0. The summed E-state index contributed by atoms with van der Waals surface area (Å²) in [6, 6.07) is 48.9. The molecule has 178 valence electrons. The Bertz CT molecular complexity index is 1900. The number of fused-ring (bicyclic) bond motifs is 2. The first-order valence-corrected chi connectivity index (χ1v) is 12.8. The first kappa shape index (κ1) is 22.1. The maximum Gasteiger partial charge on any atom is 0.0899 e. The summed E-state index contributed by atoms with van der Waals surface area (Å²) in [5, 5.41) is 4.89. The van der Waals surface area contributed by atoms with Crippen LogP contribution < -0.4 is 0 Å². The molecule has 0 amide bonds. The lowest BCUT2D eigenvalue weighted by molar-refractivity contribution is 1.25. The summed E-state index contributed by atoms with van der Waals surface area (Å²) in [4.78, 5) is 9.99. The smallest absolute Gasteiger partial charge is 0.0899 e. The first-order chi connectivity index (χ1) is 18.8. The molecule has 7 rings (SSSR count). The summed E-state index contributed by atoms with van der Waals surface area (Å²) >= 11 is 0. The average molecular weight is 485 g/mol. The molecule has 0 spiro atoms. The number of rotatable bonds is 4. The number of pyridine rings is 2. The van der Waals surface area contributed by atoms with Crippen molar-refractivity contribution in [2.75, 3.05) is 0 Å². The Balaban J connectivity index is 1.34. The minimum atomic E-state index is 0.855. The quantitative estimate of drug-likeness (QED) is 0.249. The monoisotopic (exact) mass is 484 g/mol. The highest BCUT2D eigenvalue weighted by atomic mass is 14.8. The van der Waals surface area contributed by atoms with E-state index in [0.29, 0.717) is 0 Å². The summed E-state index contributed by atoms with van der Waals surface area (Å²) in [5.74, 6) is 0. The Morgan fingerprint density at radius 3 is 1.92 bits per heavy atom. The summed E-state index contributed by atoms with van der Waals surface area (Å²) in [5.41, 5.74) is 8.31. The molecule has 0 N–H and O–H groups in total. The van der Waals surface area contributed by atoms with Gasteiger partial charge in [0.15, 0.2) is 0 Å². The number of hydrogen-bond acceptors (Lipinski definition) is 2. The topological polar surface area (TPSA) is 25.8 Å².